The van der Waals surface area contributed by atoms with Crippen molar-refractivity contribution in [3.63, 3.8) is 0 Å². The largest absolute Gasteiger partial charge is 0.352 e. The highest BCUT2D eigenvalue weighted by Gasteiger charge is 2.48. The van der Waals surface area contributed by atoms with Crippen LogP contribution in [0.4, 0.5) is 0 Å². The number of thiazole rings is 1. The van der Waals surface area contributed by atoms with Crippen LogP contribution in [0.3, 0.4) is 0 Å². The Morgan fingerprint density at radius 2 is 1.78 bits per heavy atom. The highest BCUT2D eigenvalue weighted by molar-refractivity contribution is 8.01. The van der Waals surface area contributed by atoms with Gasteiger partial charge in [0.05, 0.1) is 11.4 Å². The fourth-order valence-electron chi connectivity index (χ4n) is 5.59. The van der Waals surface area contributed by atoms with Crippen molar-refractivity contribution in [3.8, 4) is 11.3 Å². The molecule has 1 aromatic heterocycles. The Kier molecular flexibility index (Phi) is 4.95. The van der Waals surface area contributed by atoms with Crippen LogP contribution in [0.5, 0.6) is 0 Å². The summed E-state index contributed by atoms with van der Waals surface area (Å²) in [5.41, 5.74) is 2.00. The average Bonchev–Trinajstić information content (AvgIpc) is 3.12. The van der Waals surface area contributed by atoms with Gasteiger partial charge in [0.2, 0.25) is 5.91 Å². The van der Waals surface area contributed by atoms with Crippen LogP contribution in [0.15, 0.2) is 34.0 Å². The van der Waals surface area contributed by atoms with E-state index in [1.165, 1.54) is 32.1 Å². The molecular weight excluding hydrogens is 396 g/mol. The summed E-state index contributed by atoms with van der Waals surface area (Å²) in [6.07, 6.45) is 6.79. The molecule has 6 heteroatoms. The number of thioether (sulfide) groups is 1. The third kappa shape index (κ3) is 3.79. The van der Waals surface area contributed by atoms with E-state index in [2.05, 4.69) is 10.3 Å². The minimum atomic E-state index is 0.167. The lowest BCUT2D eigenvalue weighted by atomic mass is 9.54. The summed E-state index contributed by atoms with van der Waals surface area (Å²) in [7, 11) is 0. The second-order valence-corrected chi connectivity index (χ2v) is 10.8. The molecule has 4 saturated carbocycles. The minimum Gasteiger partial charge on any atom is -0.352 e. The molecule has 0 spiro atoms. The Morgan fingerprint density at radius 3 is 2.44 bits per heavy atom. The molecule has 0 saturated heterocycles. The Balaban J connectivity index is 1.16. The summed E-state index contributed by atoms with van der Waals surface area (Å²) in [5, 5.41) is 6.15. The van der Waals surface area contributed by atoms with Crippen LogP contribution in [0.2, 0.25) is 5.02 Å². The standard InChI is InChI=1S/C21H23ClN2OS2/c22-17-3-1-14(2-4-17)18-10-26-21(23-18)27-11-19(25)24-20-15-6-12-5-13(8-15)9-16(20)7-12/h1-4,10,12-13,15-16,20H,5-9,11H2,(H,24,25). The first-order chi connectivity index (χ1) is 13.1. The van der Waals surface area contributed by atoms with Gasteiger partial charge in [0, 0.05) is 22.0 Å². The molecule has 1 amide bonds. The number of hydrogen-bond donors (Lipinski definition) is 1. The molecule has 142 valence electrons. The lowest BCUT2D eigenvalue weighted by Crippen LogP contribution is -2.56. The molecule has 4 aliphatic rings. The van der Waals surface area contributed by atoms with Crippen LogP contribution < -0.4 is 5.32 Å². The third-order valence-corrected chi connectivity index (χ3v) is 8.78. The summed E-state index contributed by atoms with van der Waals surface area (Å²) in [6.45, 7) is 0. The van der Waals surface area contributed by atoms with Crippen molar-refractivity contribution in [2.45, 2.75) is 42.5 Å². The van der Waals surface area contributed by atoms with Crippen molar-refractivity contribution < 1.29 is 4.79 Å². The van der Waals surface area contributed by atoms with Crippen molar-refractivity contribution in [3.05, 3.63) is 34.7 Å². The van der Waals surface area contributed by atoms with Crippen molar-refractivity contribution in [2.75, 3.05) is 5.75 Å². The SMILES string of the molecule is O=C(CSc1nc(-c2ccc(Cl)cc2)cs1)NC1C2CC3CC(C2)CC1C3. The van der Waals surface area contributed by atoms with E-state index >= 15 is 0 Å². The van der Waals surface area contributed by atoms with E-state index in [0.717, 1.165) is 44.3 Å². The first kappa shape index (κ1) is 18.0. The molecule has 4 bridgehead atoms. The molecule has 0 aliphatic heterocycles. The molecule has 0 radical (unpaired) electrons. The lowest BCUT2D eigenvalue weighted by Gasteiger charge is -2.54. The van der Waals surface area contributed by atoms with Gasteiger partial charge in [0.15, 0.2) is 4.34 Å². The van der Waals surface area contributed by atoms with Crippen LogP contribution in [0.25, 0.3) is 11.3 Å². The third-order valence-electron chi connectivity index (χ3n) is 6.50. The Bertz CT molecular complexity index is 807. The lowest BCUT2D eigenvalue weighted by molar-refractivity contribution is -0.122. The maximum atomic E-state index is 12.6. The number of nitrogens with one attached hydrogen (secondary N) is 1. The van der Waals surface area contributed by atoms with E-state index in [4.69, 9.17) is 11.6 Å². The number of benzene rings is 1. The topological polar surface area (TPSA) is 42.0 Å². The summed E-state index contributed by atoms with van der Waals surface area (Å²) < 4.78 is 0.945. The van der Waals surface area contributed by atoms with Gasteiger partial charge >= 0.3 is 0 Å². The second kappa shape index (κ2) is 7.41. The molecule has 4 aliphatic carbocycles. The van der Waals surface area contributed by atoms with Gasteiger partial charge in [-0.1, -0.05) is 35.5 Å². The molecule has 0 atom stereocenters. The molecule has 0 unspecified atom stereocenters. The highest BCUT2D eigenvalue weighted by Crippen LogP contribution is 2.53. The van der Waals surface area contributed by atoms with E-state index in [1.54, 1.807) is 23.1 Å². The van der Waals surface area contributed by atoms with E-state index in [1.807, 2.05) is 29.6 Å². The fraction of sp³-hybridized carbons (Fsp3) is 0.524. The molecule has 1 heterocycles. The number of nitrogens with zero attached hydrogens (tertiary/aromatic N) is 1. The van der Waals surface area contributed by atoms with Gasteiger partial charge in [0.1, 0.15) is 0 Å². The zero-order valence-electron chi connectivity index (χ0n) is 15.1. The zero-order chi connectivity index (χ0) is 18.4. The average molecular weight is 419 g/mol. The maximum absolute atomic E-state index is 12.6. The molecule has 1 N–H and O–H groups in total. The Labute approximate surface area is 173 Å². The Morgan fingerprint density at radius 1 is 1.11 bits per heavy atom. The van der Waals surface area contributed by atoms with Gasteiger partial charge in [-0.3, -0.25) is 4.79 Å². The highest BCUT2D eigenvalue weighted by atomic mass is 35.5. The predicted molar refractivity (Wildman–Crippen MR) is 112 cm³/mol. The molecule has 4 fully saturated rings. The molecule has 27 heavy (non-hydrogen) atoms. The van der Waals surface area contributed by atoms with E-state index in [9.17, 15) is 4.79 Å². The van der Waals surface area contributed by atoms with Crippen LogP contribution >= 0.6 is 34.7 Å². The number of amides is 1. The predicted octanol–water partition coefficient (Wildman–Crippen LogP) is 5.50. The number of aromatic nitrogens is 1. The van der Waals surface area contributed by atoms with Crippen molar-refractivity contribution >= 4 is 40.6 Å². The van der Waals surface area contributed by atoms with Gasteiger partial charge < -0.3 is 5.32 Å². The monoisotopic (exact) mass is 418 g/mol. The molecule has 1 aromatic carbocycles. The normalized spacial score (nSPS) is 31.2. The zero-order valence-corrected chi connectivity index (χ0v) is 17.5. The number of rotatable bonds is 5. The summed E-state index contributed by atoms with van der Waals surface area (Å²) in [5.74, 6) is 3.96. The van der Waals surface area contributed by atoms with Crippen LogP contribution in [-0.4, -0.2) is 22.7 Å². The van der Waals surface area contributed by atoms with Gasteiger partial charge in [-0.05, 0) is 67.9 Å². The molecular formula is C21H23ClN2OS2. The molecule has 2 aromatic rings. The van der Waals surface area contributed by atoms with Gasteiger partial charge in [-0.25, -0.2) is 4.98 Å². The Hall–Kier alpha value is -1.04. The van der Waals surface area contributed by atoms with Gasteiger partial charge in [-0.2, -0.15) is 0 Å². The second-order valence-electron chi connectivity index (χ2n) is 8.32. The summed E-state index contributed by atoms with van der Waals surface area (Å²) >= 11 is 9.09. The van der Waals surface area contributed by atoms with Crippen molar-refractivity contribution in [1.82, 2.24) is 10.3 Å². The van der Waals surface area contributed by atoms with Gasteiger partial charge in [-0.15, -0.1) is 11.3 Å². The van der Waals surface area contributed by atoms with E-state index in [-0.39, 0.29) is 5.91 Å². The quantitative estimate of drug-likeness (QED) is 0.652. The maximum Gasteiger partial charge on any atom is 0.230 e. The van der Waals surface area contributed by atoms with Crippen LogP contribution in [-0.2, 0) is 4.79 Å². The van der Waals surface area contributed by atoms with Gasteiger partial charge in [0.25, 0.3) is 0 Å². The van der Waals surface area contributed by atoms with E-state index in [0.29, 0.717) is 11.8 Å². The molecule has 3 nitrogen and oxygen atoms in total. The first-order valence-electron chi connectivity index (χ1n) is 9.77. The number of hydrogen-bond acceptors (Lipinski definition) is 4. The number of halogens is 1. The summed E-state index contributed by atoms with van der Waals surface area (Å²) in [6, 6.07) is 8.13. The summed E-state index contributed by atoms with van der Waals surface area (Å²) in [4.78, 5) is 17.2. The van der Waals surface area contributed by atoms with Crippen LogP contribution in [0.1, 0.15) is 32.1 Å². The first-order valence-corrected chi connectivity index (χ1v) is 12.0. The smallest absolute Gasteiger partial charge is 0.230 e. The fourth-order valence-corrected chi connectivity index (χ4v) is 7.36. The van der Waals surface area contributed by atoms with E-state index < -0.39 is 0 Å². The number of carbonyl (C=O) groups excluding carboxylic acids is 1. The minimum absolute atomic E-state index is 0.167. The molecule has 6 rings (SSSR count). The van der Waals surface area contributed by atoms with Crippen LogP contribution in [0, 0.1) is 23.7 Å². The van der Waals surface area contributed by atoms with Crippen molar-refractivity contribution in [2.24, 2.45) is 23.7 Å². The van der Waals surface area contributed by atoms with Crippen molar-refractivity contribution in [1.29, 1.82) is 0 Å². The number of carbonyl (C=O) groups is 1.